The molecule has 20 heavy (non-hydrogen) atoms. The number of hydrogen-bond donors (Lipinski definition) is 2. The van der Waals surface area contributed by atoms with E-state index in [1.807, 2.05) is 22.2 Å². The summed E-state index contributed by atoms with van der Waals surface area (Å²) >= 11 is 1.65. The number of guanidine groups is 1. The number of hydrogen-bond acceptors (Lipinski definition) is 3. The molecule has 0 radical (unpaired) electrons. The molecule has 6 heteroatoms. The average Bonchev–Trinajstić information content (AvgIpc) is 2.94. The Morgan fingerprint density at radius 3 is 3.10 bits per heavy atom. The first-order chi connectivity index (χ1) is 9.85. The van der Waals surface area contributed by atoms with Crippen molar-refractivity contribution in [1.29, 1.82) is 0 Å². The predicted molar refractivity (Wildman–Crippen MR) is 83.2 cm³/mol. The van der Waals surface area contributed by atoms with Crippen LogP contribution in [0.1, 0.15) is 31.9 Å². The molecule has 1 aliphatic rings. The summed E-state index contributed by atoms with van der Waals surface area (Å²) in [6.07, 6.45) is 8.16. The molecule has 1 saturated carbocycles. The van der Waals surface area contributed by atoms with Crippen LogP contribution in [-0.2, 0) is 6.54 Å². The average molecular weight is 291 g/mol. The molecule has 0 bridgehead atoms. The molecule has 5 nitrogen and oxygen atoms in total. The number of thiazole rings is 1. The van der Waals surface area contributed by atoms with Gasteiger partial charge < -0.3 is 10.6 Å². The minimum atomic E-state index is 0.619. The SMILES string of the molecule is CCNC(=NCc1cn2ccsc2n1)NCC1CCC1. The van der Waals surface area contributed by atoms with Gasteiger partial charge in [0, 0.05) is 30.9 Å². The summed E-state index contributed by atoms with van der Waals surface area (Å²) in [5, 5.41) is 8.76. The Bertz CT molecular complexity index is 553. The highest BCUT2D eigenvalue weighted by atomic mass is 32.1. The van der Waals surface area contributed by atoms with Gasteiger partial charge in [-0.1, -0.05) is 6.42 Å². The summed E-state index contributed by atoms with van der Waals surface area (Å²) in [4.78, 5) is 10.2. The highest BCUT2D eigenvalue weighted by Gasteiger charge is 2.17. The summed E-state index contributed by atoms with van der Waals surface area (Å²) < 4.78 is 2.05. The van der Waals surface area contributed by atoms with Crippen molar-refractivity contribution < 1.29 is 0 Å². The van der Waals surface area contributed by atoms with E-state index >= 15 is 0 Å². The lowest BCUT2D eigenvalue weighted by Gasteiger charge is -2.26. The maximum atomic E-state index is 4.61. The van der Waals surface area contributed by atoms with Crippen molar-refractivity contribution in [2.24, 2.45) is 10.9 Å². The van der Waals surface area contributed by atoms with Gasteiger partial charge in [0.25, 0.3) is 0 Å². The first-order valence-electron chi connectivity index (χ1n) is 7.28. The van der Waals surface area contributed by atoms with E-state index in [0.717, 1.165) is 35.6 Å². The first-order valence-corrected chi connectivity index (χ1v) is 8.16. The van der Waals surface area contributed by atoms with E-state index in [-0.39, 0.29) is 0 Å². The van der Waals surface area contributed by atoms with Gasteiger partial charge in [-0.05, 0) is 25.7 Å². The van der Waals surface area contributed by atoms with E-state index in [4.69, 9.17) is 0 Å². The first kappa shape index (κ1) is 13.4. The van der Waals surface area contributed by atoms with Crippen molar-refractivity contribution in [3.8, 4) is 0 Å². The second-order valence-electron chi connectivity index (χ2n) is 5.20. The van der Waals surface area contributed by atoms with E-state index in [1.165, 1.54) is 19.3 Å². The Morgan fingerprint density at radius 1 is 1.50 bits per heavy atom. The van der Waals surface area contributed by atoms with Gasteiger partial charge in [-0.25, -0.2) is 9.98 Å². The third kappa shape index (κ3) is 3.12. The predicted octanol–water partition coefficient (Wildman–Crippen LogP) is 2.25. The summed E-state index contributed by atoms with van der Waals surface area (Å²) in [6, 6.07) is 0. The minimum Gasteiger partial charge on any atom is -0.357 e. The van der Waals surface area contributed by atoms with E-state index in [1.54, 1.807) is 11.3 Å². The maximum Gasteiger partial charge on any atom is 0.193 e. The largest absolute Gasteiger partial charge is 0.357 e. The van der Waals surface area contributed by atoms with Crippen molar-refractivity contribution in [2.45, 2.75) is 32.7 Å². The normalized spacial score (nSPS) is 16.4. The highest BCUT2D eigenvalue weighted by molar-refractivity contribution is 7.15. The van der Waals surface area contributed by atoms with Crippen LogP contribution >= 0.6 is 11.3 Å². The molecule has 0 amide bonds. The third-order valence-corrected chi connectivity index (χ3v) is 4.44. The molecule has 1 fully saturated rings. The number of aromatic nitrogens is 2. The van der Waals surface area contributed by atoms with Crippen molar-refractivity contribution in [3.63, 3.8) is 0 Å². The zero-order valence-corrected chi connectivity index (χ0v) is 12.6. The zero-order chi connectivity index (χ0) is 13.8. The Morgan fingerprint density at radius 2 is 2.40 bits per heavy atom. The lowest BCUT2D eigenvalue weighted by molar-refractivity contribution is 0.314. The topological polar surface area (TPSA) is 53.7 Å². The number of rotatable bonds is 5. The number of imidazole rings is 1. The number of nitrogens with one attached hydrogen (secondary N) is 2. The molecule has 0 saturated heterocycles. The molecule has 2 heterocycles. The second-order valence-corrected chi connectivity index (χ2v) is 6.07. The van der Waals surface area contributed by atoms with Crippen molar-refractivity contribution in [1.82, 2.24) is 20.0 Å². The Labute approximate surface area is 123 Å². The molecule has 3 rings (SSSR count). The van der Waals surface area contributed by atoms with Crippen LogP contribution in [0, 0.1) is 5.92 Å². The molecular formula is C14H21N5S. The van der Waals surface area contributed by atoms with Gasteiger partial charge in [0.05, 0.1) is 12.2 Å². The van der Waals surface area contributed by atoms with Gasteiger partial charge in [0.15, 0.2) is 10.9 Å². The van der Waals surface area contributed by atoms with Crippen LogP contribution in [0.4, 0.5) is 0 Å². The molecule has 2 aromatic rings. The number of nitrogens with zero attached hydrogens (tertiary/aromatic N) is 3. The van der Waals surface area contributed by atoms with Crippen molar-refractivity contribution in [3.05, 3.63) is 23.5 Å². The van der Waals surface area contributed by atoms with Crippen LogP contribution in [0.25, 0.3) is 4.96 Å². The van der Waals surface area contributed by atoms with Gasteiger partial charge >= 0.3 is 0 Å². The molecular weight excluding hydrogens is 270 g/mol. The summed E-state index contributed by atoms with van der Waals surface area (Å²) in [5.41, 5.74) is 1.01. The fourth-order valence-corrected chi connectivity index (χ4v) is 3.01. The molecule has 0 aliphatic heterocycles. The van der Waals surface area contributed by atoms with Gasteiger partial charge in [-0.15, -0.1) is 11.3 Å². The summed E-state index contributed by atoms with van der Waals surface area (Å²) in [7, 11) is 0. The van der Waals surface area contributed by atoms with Crippen LogP contribution in [0.3, 0.4) is 0 Å². The van der Waals surface area contributed by atoms with Gasteiger partial charge in [0.1, 0.15) is 0 Å². The molecule has 0 unspecified atom stereocenters. The van der Waals surface area contributed by atoms with E-state index in [9.17, 15) is 0 Å². The van der Waals surface area contributed by atoms with Crippen molar-refractivity contribution in [2.75, 3.05) is 13.1 Å². The summed E-state index contributed by atoms with van der Waals surface area (Å²) in [6.45, 7) is 4.63. The highest BCUT2D eigenvalue weighted by Crippen LogP contribution is 2.25. The molecule has 2 N–H and O–H groups in total. The molecule has 2 aromatic heterocycles. The van der Waals surface area contributed by atoms with Gasteiger partial charge in [-0.3, -0.25) is 4.40 Å². The van der Waals surface area contributed by atoms with Crippen molar-refractivity contribution >= 4 is 22.3 Å². The zero-order valence-electron chi connectivity index (χ0n) is 11.8. The van der Waals surface area contributed by atoms with Crippen LogP contribution in [0.2, 0.25) is 0 Å². The maximum absolute atomic E-state index is 4.61. The Balaban J connectivity index is 1.58. The monoisotopic (exact) mass is 291 g/mol. The number of fused-ring (bicyclic) bond motifs is 1. The molecule has 0 atom stereocenters. The summed E-state index contributed by atoms with van der Waals surface area (Å²) in [5.74, 6) is 1.73. The Kier molecular flexibility index (Phi) is 4.20. The molecule has 1 aliphatic carbocycles. The van der Waals surface area contributed by atoms with Gasteiger partial charge in [0.2, 0.25) is 0 Å². The minimum absolute atomic E-state index is 0.619. The molecule has 108 valence electrons. The lowest BCUT2D eigenvalue weighted by atomic mass is 9.85. The fourth-order valence-electron chi connectivity index (χ4n) is 2.29. The standard InChI is InChI=1S/C14H21N5S/c1-2-15-13(16-8-11-4-3-5-11)17-9-12-10-19-6-7-20-14(19)18-12/h6-7,10-11H,2-5,8-9H2,1H3,(H2,15,16,17). The third-order valence-electron chi connectivity index (χ3n) is 3.67. The van der Waals surface area contributed by atoms with Crippen LogP contribution < -0.4 is 10.6 Å². The van der Waals surface area contributed by atoms with Crippen LogP contribution in [0.15, 0.2) is 22.8 Å². The van der Waals surface area contributed by atoms with Crippen LogP contribution in [0.5, 0.6) is 0 Å². The van der Waals surface area contributed by atoms with Gasteiger partial charge in [-0.2, -0.15) is 0 Å². The second kappa shape index (κ2) is 6.26. The molecule has 0 aromatic carbocycles. The fraction of sp³-hybridized carbons (Fsp3) is 0.571. The molecule has 0 spiro atoms. The van der Waals surface area contributed by atoms with E-state index in [0.29, 0.717) is 6.54 Å². The van der Waals surface area contributed by atoms with Crippen LogP contribution in [-0.4, -0.2) is 28.4 Å². The smallest absolute Gasteiger partial charge is 0.193 e. The Hall–Kier alpha value is -1.56. The van der Waals surface area contributed by atoms with E-state index < -0.39 is 0 Å². The quantitative estimate of drug-likeness (QED) is 0.656. The number of aliphatic imine (C=N–C) groups is 1. The van der Waals surface area contributed by atoms with E-state index in [2.05, 4.69) is 27.5 Å². The lowest BCUT2D eigenvalue weighted by Crippen LogP contribution is -2.41.